The van der Waals surface area contributed by atoms with Crippen LogP contribution in [-0.2, 0) is 27.5 Å². The van der Waals surface area contributed by atoms with Gasteiger partial charge in [-0.1, -0.05) is 24.3 Å². The molecule has 0 saturated carbocycles. The summed E-state index contributed by atoms with van der Waals surface area (Å²) in [5, 5.41) is 1.99. The van der Waals surface area contributed by atoms with Crippen molar-refractivity contribution in [2.24, 2.45) is 5.73 Å². The van der Waals surface area contributed by atoms with E-state index < -0.39 is 27.5 Å². The topological polar surface area (TPSA) is 90.1 Å². The van der Waals surface area contributed by atoms with E-state index in [0.717, 1.165) is 23.5 Å². The molecule has 0 aliphatic heterocycles. The van der Waals surface area contributed by atoms with Gasteiger partial charge in [0.1, 0.15) is 5.01 Å². The van der Waals surface area contributed by atoms with E-state index in [0.29, 0.717) is 21.8 Å². The molecule has 0 radical (unpaired) electrons. The number of aromatic nitrogens is 1. The lowest BCUT2D eigenvalue weighted by atomic mass is 10.1. The Labute approximate surface area is 168 Å². The standard InChI is InChI=1S/C19H15F3N2O3S2/c20-19(21,22)15-6-4-13(5-7-15)18-24-16(9-28-18)11-29(26,27)10-12-2-1-3-14(8-12)17(23)25/h1-9H,10-11H2,(H2,23,25). The van der Waals surface area contributed by atoms with Crippen LogP contribution in [0.15, 0.2) is 53.9 Å². The SMILES string of the molecule is NC(=O)c1cccc(CS(=O)(=O)Cc2csc(-c3ccc(C(F)(F)F)cc3)n2)c1. The minimum atomic E-state index is -4.42. The number of thiazole rings is 1. The summed E-state index contributed by atoms with van der Waals surface area (Å²) < 4.78 is 62.9. The molecular formula is C19H15F3N2O3S2. The number of carbonyl (C=O) groups excluding carboxylic acids is 1. The van der Waals surface area contributed by atoms with Crippen molar-refractivity contribution in [2.45, 2.75) is 17.7 Å². The molecule has 0 aliphatic carbocycles. The first-order valence-corrected chi connectivity index (χ1v) is 10.9. The van der Waals surface area contributed by atoms with Gasteiger partial charge in [0, 0.05) is 16.5 Å². The third-order valence-electron chi connectivity index (χ3n) is 3.98. The zero-order chi connectivity index (χ0) is 21.2. The van der Waals surface area contributed by atoms with E-state index >= 15 is 0 Å². The van der Waals surface area contributed by atoms with Crippen molar-refractivity contribution in [3.8, 4) is 10.6 Å². The fourth-order valence-electron chi connectivity index (χ4n) is 2.65. The van der Waals surface area contributed by atoms with Crippen LogP contribution in [0.5, 0.6) is 0 Å². The molecule has 1 heterocycles. The molecule has 0 aliphatic rings. The second-order valence-corrected chi connectivity index (χ2v) is 9.24. The number of primary amides is 1. The molecule has 3 aromatic rings. The van der Waals surface area contributed by atoms with Gasteiger partial charge in [-0.2, -0.15) is 13.2 Å². The second kappa shape index (κ2) is 7.96. The van der Waals surface area contributed by atoms with Gasteiger partial charge in [0.15, 0.2) is 9.84 Å². The van der Waals surface area contributed by atoms with E-state index in [9.17, 15) is 26.4 Å². The summed E-state index contributed by atoms with van der Waals surface area (Å²) in [6.45, 7) is 0. The monoisotopic (exact) mass is 440 g/mol. The van der Waals surface area contributed by atoms with Gasteiger partial charge in [0.05, 0.1) is 22.8 Å². The van der Waals surface area contributed by atoms with Crippen LogP contribution in [0.3, 0.4) is 0 Å². The van der Waals surface area contributed by atoms with Crippen LogP contribution in [0, 0.1) is 0 Å². The highest BCUT2D eigenvalue weighted by Gasteiger charge is 2.30. The first-order valence-electron chi connectivity index (χ1n) is 8.25. The zero-order valence-electron chi connectivity index (χ0n) is 14.8. The van der Waals surface area contributed by atoms with Crippen molar-refractivity contribution in [2.75, 3.05) is 0 Å². The van der Waals surface area contributed by atoms with Gasteiger partial charge >= 0.3 is 6.18 Å². The summed E-state index contributed by atoms with van der Waals surface area (Å²) in [5.41, 5.74) is 5.86. The van der Waals surface area contributed by atoms with Crippen molar-refractivity contribution in [1.29, 1.82) is 0 Å². The molecule has 0 saturated heterocycles. The number of carbonyl (C=O) groups is 1. The number of nitrogens with two attached hydrogens (primary N) is 1. The van der Waals surface area contributed by atoms with Crippen molar-refractivity contribution in [3.63, 3.8) is 0 Å². The third kappa shape index (κ3) is 5.42. The minimum Gasteiger partial charge on any atom is -0.366 e. The average Bonchev–Trinajstić information content (AvgIpc) is 3.08. The van der Waals surface area contributed by atoms with E-state index in [1.54, 1.807) is 17.5 Å². The van der Waals surface area contributed by atoms with Gasteiger partial charge in [-0.3, -0.25) is 4.79 Å². The molecule has 2 N–H and O–H groups in total. The molecule has 2 aromatic carbocycles. The molecule has 3 rings (SSSR count). The Morgan fingerprint density at radius 1 is 1.07 bits per heavy atom. The zero-order valence-corrected chi connectivity index (χ0v) is 16.4. The maximum atomic E-state index is 12.7. The lowest BCUT2D eigenvalue weighted by molar-refractivity contribution is -0.137. The summed E-state index contributed by atoms with van der Waals surface area (Å²) >= 11 is 1.15. The molecule has 152 valence electrons. The molecule has 0 bridgehead atoms. The number of amides is 1. The molecule has 1 aromatic heterocycles. The van der Waals surface area contributed by atoms with Crippen molar-refractivity contribution < 1.29 is 26.4 Å². The Bertz CT molecular complexity index is 1140. The number of nitrogens with zero attached hydrogens (tertiary/aromatic N) is 1. The summed E-state index contributed by atoms with van der Waals surface area (Å²) in [5.74, 6) is -1.27. The van der Waals surface area contributed by atoms with Gasteiger partial charge in [-0.15, -0.1) is 11.3 Å². The predicted octanol–water partition coefficient (Wildman–Crippen LogP) is 4.04. The number of halogens is 3. The molecule has 0 atom stereocenters. The van der Waals surface area contributed by atoms with Crippen molar-refractivity contribution in [1.82, 2.24) is 4.98 Å². The molecule has 0 fully saturated rings. The van der Waals surface area contributed by atoms with Crippen molar-refractivity contribution in [3.05, 3.63) is 76.3 Å². The summed E-state index contributed by atoms with van der Waals surface area (Å²) in [6, 6.07) is 10.6. The number of hydrogen-bond donors (Lipinski definition) is 1. The number of rotatable bonds is 6. The van der Waals surface area contributed by atoms with Crippen LogP contribution in [0.1, 0.15) is 27.2 Å². The lowest BCUT2D eigenvalue weighted by Crippen LogP contribution is -2.12. The number of hydrogen-bond acceptors (Lipinski definition) is 5. The van der Waals surface area contributed by atoms with Crippen LogP contribution in [0.2, 0.25) is 0 Å². The van der Waals surface area contributed by atoms with E-state index in [-0.39, 0.29) is 17.1 Å². The maximum Gasteiger partial charge on any atom is 0.416 e. The van der Waals surface area contributed by atoms with Crippen LogP contribution in [0.25, 0.3) is 10.6 Å². The second-order valence-electron chi connectivity index (χ2n) is 6.32. The molecular weight excluding hydrogens is 425 g/mol. The third-order valence-corrected chi connectivity index (χ3v) is 6.43. The summed E-state index contributed by atoms with van der Waals surface area (Å²) in [7, 11) is -3.58. The Morgan fingerprint density at radius 2 is 1.76 bits per heavy atom. The molecule has 10 heteroatoms. The first kappa shape index (κ1) is 21.0. The molecule has 5 nitrogen and oxygen atoms in total. The molecule has 0 unspecified atom stereocenters. The highest BCUT2D eigenvalue weighted by molar-refractivity contribution is 7.89. The quantitative estimate of drug-likeness (QED) is 0.626. The summed E-state index contributed by atoms with van der Waals surface area (Å²) in [4.78, 5) is 15.5. The Morgan fingerprint density at radius 3 is 2.38 bits per heavy atom. The summed E-state index contributed by atoms with van der Waals surface area (Å²) in [6.07, 6.45) is -4.42. The van der Waals surface area contributed by atoms with Crippen LogP contribution < -0.4 is 5.73 Å². The predicted molar refractivity (Wildman–Crippen MR) is 104 cm³/mol. The fourth-order valence-corrected chi connectivity index (χ4v) is 4.97. The highest BCUT2D eigenvalue weighted by Crippen LogP contribution is 2.32. The molecule has 29 heavy (non-hydrogen) atoms. The Balaban J connectivity index is 1.73. The van der Waals surface area contributed by atoms with Gasteiger partial charge in [0.25, 0.3) is 0 Å². The fraction of sp³-hybridized carbons (Fsp3) is 0.158. The van der Waals surface area contributed by atoms with E-state index in [1.807, 2.05) is 0 Å². The largest absolute Gasteiger partial charge is 0.416 e. The van der Waals surface area contributed by atoms with E-state index in [4.69, 9.17) is 5.73 Å². The maximum absolute atomic E-state index is 12.7. The minimum absolute atomic E-state index is 0.218. The lowest BCUT2D eigenvalue weighted by Gasteiger charge is -2.06. The highest BCUT2D eigenvalue weighted by atomic mass is 32.2. The van der Waals surface area contributed by atoms with Crippen LogP contribution in [0.4, 0.5) is 13.2 Å². The number of benzene rings is 2. The average molecular weight is 440 g/mol. The van der Waals surface area contributed by atoms with Gasteiger partial charge in [0.2, 0.25) is 5.91 Å². The van der Waals surface area contributed by atoms with Gasteiger partial charge in [-0.05, 0) is 29.8 Å². The first-order chi connectivity index (χ1) is 13.5. The smallest absolute Gasteiger partial charge is 0.366 e. The molecule has 1 amide bonds. The number of sulfone groups is 1. The number of alkyl halides is 3. The van der Waals surface area contributed by atoms with Gasteiger partial charge < -0.3 is 5.73 Å². The van der Waals surface area contributed by atoms with E-state index in [1.165, 1.54) is 24.3 Å². The van der Waals surface area contributed by atoms with Crippen LogP contribution >= 0.6 is 11.3 Å². The Kier molecular flexibility index (Phi) is 5.76. The Hall–Kier alpha value is -2.72. The normalized spacial score (nSPS) is 12.1. The van der Waals surface area contributed by atoms with E-state index in [2.05, 4.69) is 4.98 Å². The van der Waals surface area contributed by atoms with Crippen molar-refractivity contribution >= 4 is 27.1 Å². The van der Waals surface area contributed by atoms with Crippen LogP contribution in [-0.4, -0.2) is 19.3 Å². The van der Waals surface area contributed by atoms with Gasteiger partial charge in [-0.25, -0.2) is 13.4 Å². The molecule has 0 spiro atoms.